The number of hydrogen-bond donors (Lipinski definition) is 0. The van der Waals surface area contributed by atoms with Crippen molar-refractivity contribution in [1.29, 1.82) is 0 Å². The first kappa shape index (κ1) is 17.2. The van der Waals surface area contributed by atoms with Crippen LogP contribution >= 0.6 is 0 Å². The summed E-state index contributed by atoms with van der Waals surface area (Å²) < 4.78 is 36.6. The zero-order valence-corrected chi connectivity index (χ0v) is 14.1. The van der Waals surface area contributed by atoms with Crippen LogP contribution in [0.4, 0.5) is 0 Å². The van der Waals surface area contributed by atoms with Gasteiger partial charge in [-0.2, -0.15) is 0 Å². The van der Waals surface area contributed by atoms with Gasteiger partial charge in [0.05, 0.1) is 12.4 Å². The van der Waals surface area contributed by atoms with E-state index in [2.05, 4.69) is 19.1 Å². The molecular weight excluding hydrogens is 302 g/mol. The van der Waals surface area contributed by atoms with Gasteiger partial charge in [-0.25, -0.2) is 12.7 Å². The summed E-state index contributed by atoms with van der Waals surface area (Å²) in [6, 6.07) is 8.10. The number of benzene rings is 1. The third kappa shape index (κ3) is 4.69. The lowest BCUT2D eigenvalue weighted by Crippen LogP contribution is -2.43. The van der Waals surface area contributed by atoms with Crippen LogP contribution in [0, 0.1) is 0 Å². The Bertz CT molecular complexity index is 565. The Morgan fingerprint density at radius 1 is 1.27 bits per heavy atom. The van der Waals surface area contributed by atoms with Crippen LogP contribution in [0.5, 0.6) is 5.75 Å². The smallest absolute Gasteiger partial charge is 0.216 e. The van der Waals surface area contributed by atoms with Gasteiger partial charge in [0.25, 0.3) is 0 Å². The maximum absolute atomic E-state index is 12.1. The zero-order valence-electron chi connectivity index (χ0n) is 13.3. The molecule has 0 aliphatic carbocycles. The van der Waals surface area contributed by atoms with Crippen LogP contribution in [-0.2, 0) is 21.2 Å². The third-order valence-electron chi connectivity index (χ3n) is 3.95. The van der Waals surface area contributed by atoms with Crippen molar-refractivity contribution in [2.45, 2.75) is 32.3 Å². The molecule has 2 rings (SSSR count). The molecule has 1 fully saturated rings. The molecule has 0 aromatic heterocycles. The van der Waals surface area contributed by atoms with Gasteiger partial charge in [0, 0.05) is 20.2 Å². The van der Waals surface area contributed by atoms with Crippen LogP contribution in [0.3, 0.4) is 0 Å². The second-order valence-electron chi connectivity index (χ2n) is 5.53. The molecule has 124 valence electrons. The number of piperidine rings is 1. The normalized spacial score (nSPS) is 17.5. The van der Waals surface area contributed by atoms with E-state index in [1.807, 2.05) is 12.1 Å². The van der Waals surface area contributed by atoms with Crippen LogP contribution in [0.1, 0.15) is 25.3 Å². The second kappa shape index (κ2) is 7.94. The molecule has 1 saturated heterocycles. The summed E-state index contributed by atoms with van der Waals surface area (Å²) in [5, 5.41) is 0. The van der Waals surface area contributed by atoms with E-state index >= 15 is 0 Å². The lowest BCUT2D eigenvalue weighted by atomic mass is 10.1. The molecule has 0 unspecified atom stereocenters. The molecule has 1 aromatic rings. The number of methoxy groups -OCH3 is 1. The fourth-order valence-corrected chi connectivity index (χ4v) is 3.98. The van der Waals surface area contributed by atoms with Gasteiger partial charge in [-0.05, 0) is 37.0 Å². The summed E-state index contributed by atoms with van der Waals surface area (Å²) in [6.45, 7) is 3.39. The summed E-state index contributed by atoms with van der Waals surface area (Å²) in [7, 11) is -1.69. The van der Waals surface area contributed by atoms with Crippen molar-refractivity contribution < 1.29 is 17.9 Å². The van der Waals surface area contributed by atoms with Crippen LogP contribution in [-0.4, -0.2) is 51.4 Å². The first-order valence-electron chi connectivity index (χ1n) is 7.77. The van der Waals surface area contributed by atoms with Gasteiger partial charge in [-0.1, -0.05) is 19.1 Å². The number of rotatable bonds is 7. The Kier molecular flexibility index (Phi) is 6.23. The second-order valence-corrected chi connectivity index (χ2v) is 7.61. The molecule has 0 N–H and O–H groups in total. The van der Waals surface area contributed by atoms with Gasteiger partial charge >= 0.3 is 0 Å². The highest BCUT2D eigenvalue weighted by Gasteiger charge is 2.28. The van der Waals surface area contributed by atoms with Crippen molar-refractivity contribution in [1.82, 2.24) is 4.31 Å². The number of hydrogen-bond acceptors (Lipinski definition) is 4. The quantitative estimate of drug-likeness (QED) is 0.769. The molecule has 0 radical (unpaired) electrons. The van der Waals surface area contributed by atoms with Crippen LogP contribution in [0.25, 0.3) is 0 Å². The topological polar surface area (TPSA) is 55.8 Å². The highest BCUT2D eigenvalue weighted by molar-refractivity contribution is 7.89. The van der Waals surface area contributed by atoms with Crippen molar-refractivity contribution in [3.05, 3.63) is 29.8 Å². The number of sulfonamides is 1. The van der Waals surface area contributed by atoms with E-state index in [1.54, 1.807) is 4.31 Å². The lowest BCUT2D eigenvalue weighted by Gasteiger charge is -2.31. The molecule has 0 amide bonds. The molecule has 5 nitrogen and oxygen atoms in total. The molecule has 0 bridgehead atoms. The predicted molar refractivity (Wildman–Crippen MR) is 86.7 cm³/mol. The summed E-state index contributed by atoms with van der Waals surface area (Å²) in [6.07, 6.45) is 2.51. The Morgan fingerprint density at radius 2 is 2.00 bits per heavy atom. The Hall–Kier alpha value is -1.11. The van der Waals surface area contributed by atoms with Gasteiger partial charge in [-0.15, -0.1) is 0 Å². The zero-order chi connectivity index (χ0) is 16.0. The van der Waals surface area contributed by atoms with Crippen molar-refractivity contribution in [3.8, 4) is 5.75 Å². The van der Waals surface area contributed by atoms with Crippen LogP contribution < -0.4 is 4.74 Å². The predicted octanol–water partition coefficient (Wildman–Crippen LogP) is 2.07. The van der Waals surface area contributed by atoms with E-state index in [1.165, 1.54) is 12.7 Å². The summed E-state index contributed by atoms with van der Waals surface area (Å²) in [4.78, 5) is 0. The standard InChI is InChI=1S/C16H25NO4S/c1-3-14-5-4-6-16(13-14)21-15-7-9-17(10-8-15)22(18,19)12-11-20-2/h4-6,13,15H,3,7-12H2,1-2H3. The Balaban J connectivity index is 1.86. The molecular formula is C16H25NO4S. The maximum Gasteiger partial charge on any atom is 0.216 e. The third-order valence-corrected chi connectivity index (χ3v) is 5.78. The molecule has 0 spiro atoms. The number of ether oxygens (including phenoxy) is 2. The average molecular weight is 327 g/mol. The number of aryl methyl sites for hydroxylation is 1. The summed E-state index contributed by atoms with van der Waals surface area (Å²) in [5.41, 5.74) is 1.25. The van der Waals surface area contributed by atoms with Crippen molar-refractivity contribution in [2.24, 2.45) is 0 Å². The first-order valence-corrected chi connectivity index (χ1v) is 9.38. The Morgan fingerprint density at radius 3 is 2.64 bits per heavy atom. The van der Waals surface area contributed by atoms with Gasteiger partial charge in [-0.3, -0.25) is 0 Å². The average Bonchev–Trinajstić information content (AvgIpc) is 2.54. The minimum Gasteiger partial charge on any atom is -0.490 e. The van der Waals surface area contributed by atoms with E-state index in [9.17, 15) is 8.42 Å². The highest BCUT2D eigenvalue weighted by Crippen LogP contribution is 2.21. The monoisotopic (exact) mass is 327 g/mol. The molecule has 1 aliphatic heterocycles. The van der Waals surface area contributed by atoms with Crippen molar-refractivity contribution in [3.63, 3.8) is 0 Å². The molecule has 1 aliphatic rings. The molecule has 0 saturated carbocycles. The molecule has 0 atom stereocenters. The van der Waals surface area contributed by atoms with Crippen molar-refractivity contribution >= 4 is 10.0 Å². The van der Waals surface area contributed by atoms with E-state index < -0.39 is 10.0 Å². The van der Waals surface area contributed by atoms with E-state index in [0.29, 0.717) is 13.1 Å². The number of nitrogens with zero attached hydrogens (tertiary/aromatic N) is 1. The van der Waals surface area contributed by atoms with E-state index in [-0.39, 0.29) is 18.5 Å². The minimum atomic E-state index is -3.20. The molecule has 6 heteroatoms. The van der Waals surface area contributed by atoms with Crippen molar-refractivity contribution in [2.75, 3.05) is 32.6 Å². The van der Waals surface area contributed by atoms with Crippen LogP contribution in [0.2, 0.25) is 0 Å². The minimum absolute atomic E-state index is 0.0492. The molecule has 22 heavy (non-hydrogen) atoms. The summed E-state index contributed by atoms with van der Waals surface area (Å²) >= 11 is 0. The maximum atomic E-state index is 12.1. The summed E-state index contributed by atoms with van der Waals surface area (Å²) in [5.74, 6) is 0.924. The van der Waals surface area contributed by atoms with E-state index in [4.69, 9.17) is 9.47 Å². The lowest BCUT2D eigenvalue weighted by molar-refractivity contribution is 0.134. The highest BCUT2D eigenvalue weighted by atomic mass is 32.2. The van der Waals surface area contributed by atoms with Gasteiger partial charge in [0.1, 0.15) is 11.9 Å². The molecule has 1 heterocycles. The Labute approximate surface area is 133 Å². The van der Waals surface area contributed by atoms with Crippen LogP contribution in [0.15, 0.2) is 24.3 Å². The fourth-order valence-electron chi connectivity index (χ4n) is 2.58. The largest absolute Gasteiger partial charge is 0.490 e. The SMILES string of the molecule is CCc1cccc(OC2CCN(S(=O)(=O)CCOC)CC2)c1. The van der Waals surface area contributed by atoms with Gasteiger partial charge in [0.15, 0.2) is 0 Å². The molecule has 1 aromatic carbocycles. The first-order chi connectivity index (χ1) is 10.5. The fraction of sp³-hybridized carbons (Fsp3) is 0.625. The van der Waals surface area contributed by atoms with Gasteiger partial charge < -0.3 is 9.47 Å². The van der Waals surface area contributed by atoms with E-state index in [0.717, 1.165) is 25.0 Å². The van der Waals surface area contributed by atoms with Gasteiger partial charge in [0.2, 0.25) is 10.0 Å².